The second-order valence-electron chi connectivity index (χ2n) is 7.40. The van der Waals surface area contributed by atoms with Crippen LogP contribution in [0.15, 0.2) is 36.4 Å². The van der Waals surface area contributed by atoms with Crippen LogP contribution in [-0.4, -0.2) is 46.7 Å². The van der Waals surface area contributed by atoms with Gasteiger partial charge in [-0.3, -0.25) is 24.7 Å². The Morgan fingerprint density at radius 1 is 1.03 bits per heavy atom. The minimum absolute atomic E-state index is 0.294. The molecule has 0 saturated heterocycles. The van der Waals surface area contributed by atoms with Crippen molar-refractivity contribution in [2.75, 3.05) is 30.8 Å². The third-order valence-electron chi connectivity index (χ3n) is 5.07. The third-order valence-corrected chi connectivity index (χ3v) is 6.25. The average molecular weight is 462 g/mol. The lowest BCUT2D eigenvalue weighted by atomic mass is 10.1. The predicted molar refractivity (Wildman–Crippen MR) is 121 cm³/mol. The molecule has 3 rings (SSSR count). The van der Waals surface area contributed by atoms with Crippen LogP contribution in [-0.2, 0) is 16.4 Å². The molecule has 32 heavy (non-hydrogen) atoms. The lowest BCUT2D eigenvalue weighted by molar-refractivity contribution is 0.0846. The molecule has 0 radical (unpaired) electrons. The Bertz CT molecular complexity index is 1120. The number of unbranched alkanes of at least 4 members (excludes halogenated alkanes) is 1. The molecule has 0 fully saturated rings. The van der Waals surface area contributed by atoms with Crippen molar-refractivity contribution in [2.45, 2.75) is 26.2 Å². The molecule has 172 valence electrons. The molecule has 0 atom stereocenters. The van der Waals surface area contributed by atoms with Crippen LogP contribution >= 0.6 is 0 Å². The van der Waals surface area contributed by atoms with E-state index in [0.29, 0.717) is 47.9 Å². The van der Waals surface area contributed by atoms with Gasteiger partial charge in [0.2, 0.25) is 10.0 Å². The number of amides is 2. The normalized spacial score (nSPS) is 12.8. The maximum absolute atomic E-state index is 12.5. The molecule has 2 aromatic rings. The Hall–Kier alpha value is -3.27. The largest absolute Gasteiger partial charge is 0.493 e. The summed E-state index contributed by atoms with van der Waals surface area (Å²) in [7, 11) is -1.87. The maximum atomic E-state index is 12.5. The summed E-state index contributed by atoms with van der Waals surface area (Å²) in [4.78, 5) is 24.9. The Kier molecular flexibility index (Phi) is 7.24. The van der Waals surface area contributed by atoms with Crippen LogP contribution in [0.4, 0.5) is 5.69 Å². The van der Waals surface area contributed by atoms with Crippen molar-refractivity contribution in [1.29, 1.82) is 0 Å². The number of benzene rings is 2. The molecule has 1 heterocycles. The lowest BCUT2D eigenvalue weighted by Crippen LogP contribution is -2.41. The maximum Gasteiger partial charge on any atom is 0.269 e. The van der Waals surface area contributed by atoms with E-state index in [4.69, 9.17) is 9.47 Å². The van der Waals surface area contributed by atoms with Crippen LogP contribution in [0.2, 0.25) is 0 Å². The molecular formula is C22H27N3O6S. The summed E-state index contributed by atoms with van der Waals surface area (Å²) < 4.78 is 36.0. The van der Waals surface area contributed by atoms with Crippen LogP contribution in [0.5, 0.6) is 11.5 Å². The van der Waals surface area contributed by atoms with Crippen molar-refractivity contribution in [3.05, 3.63) is 53.1 Å². The van der Waals surface area contributed by atoms with Crippen molar-refractivity contribution in [3.63, 3.8) is 0 Å². The van der Waals surface area contributed by atoms with E-state index < -0.39 is 21.8 Å². The number of hydrazine groups is 1. The molecule has 0 aliphatic carbocycles. The summed E-state index contributed by atoms with van der Waals surface area (Å²) in [6, 6.07) is 9.53. The number of anilines is 1. The fraction of sp³-hybridized carbons (Fsp3) is 0.364. The zero-order valence-electron chi connectivity index (χ0n) is 18.3. The molecule has 2 amide bonds. The highest BCUT2D eigenvalue weighted by atomic mass is 32.2. The number of nitrogens with zero attached hydrogens (tertiary/aromatic N) is 1. The highest BCUT2D eigenvalue weighted by Gasteiger charge is 2.26. The minimum Gasteiger partial charge on any atom is -0.493 e. The molecule has 0 saturated carbocycles. The minimum atomic E-state index is -3.36. The van der Waals surface area contributed by atoms with E-state index in [1.165, 1.54) is 23.5 Å². The summed E-state index contributed by atoms with van der Waals surface area (Å²) in [5.41, 5.74) is 6.70. The number of hydrogen-bond donors (Lipinski definition) is 2. The van der Waals surface area contributed by atoms with E-state index in [0.717, 1.165) is 24.7 Å². The molecule has 1 aliphatic heterocycles. The van der Waals surface area contributed by atoms with Gasteiger partial charge in [0, 0.05) is 17.7 Å². The molecule has 2 aromatic carbocycles. The van der Waals surface area contributed by atoms with Crippen molar-refractivity contribution in [2.24, 2.45) is 0 Å². The van der Waals surface area contributed by atoms with E-state index in [1.54, 1.807) is 24.3 Å². The van der Waals surface area contributed by atoms with Gasteiger partial charge in [0.1, 0.15) is 0 Å². The molecular weight excluding hydrogens is 434 g/mol. The van der Waals surface area contributed by atoms with Gasteiger partial charge >= 0.3 is 0 Å². The predicted octanol–water partition coefficient (Wildman–Crippen LogP) is 2.27. The number of carbonyl (C=O) groups is 2. The summed E-state index contributed by atoms with van der Waals surface area (Å²) in [6.07, 6.45) is 3.58. The van der Waals surface area contributed by atoms with Crippen LogP contribution < -0.4 is 24.6 Å². The highest BCUT2D eigenvalue weighted by molar-refractivity contribution is 7.92. The molecule has 0 spiro atoms. The van der Waals surface area contributed by atoms with Gasteiger partial charge in [0.15, 0.2) is 11.5 Å². The molecule has 9 nitrogen and oxygen atoms in total. The quantitative estimate of drug-likeness (QED) is 0.461. The Labute approximate surface area is 187 Å². The van der Waals surface area contributed by atoms with Crippen LogP contribution in [0.25, 0.3) is 0 Å². The van der Waals surface area contributed by atoms with Crippen molar-refractivity contribution >= 4 is 27.5 Å². The Balaban J connectivity index is 1.63. The number of fused-ring (bicyclic) bond motifs is 1. The van der Waals surface area contributed by atoms with Gasteiger partial charge in [0.25, 0.3) is 11.8 Å². The first-order valence-corrected chi connectivity index (χ1v) is 12.1. The first-order chi connectivity index (χ1) is 15.2. The van der Waals surface area contributed by atoms with Gasteiger partial charge in [-0.25, -0.2) is 8.42 Å². The van der Waals surface area contributed by atoms with E-state index in [1.807, 2.05) is 0 Å². The van der Waals surface area contributed by atoms with Crippen LogP contribution in [0.1, 0.15) is 46.0 Å². The number of methoxy groups -OCH3 is 1. The van der Waals surface area contributed by atoms with Crippen molar-refractivity contribution in [3.8, 4) is 11.5 Å². The summed E-state index contributed by atoms with van der Waals surface area (Å²) in [5.74, 6) is -0.0523. The van der Waals surface area contributed by atoms with Crippen molar-refractivity contribution < 1.29 is 27.5 Å². The number of sulfonamides is 1. The average Bonchev–Trinajstić information content (AvgIpc) is 3.21. The molecule has 0 bridgehead atoms. The number of nitrogens with one attached hydrogen (secondary N) is 2. The van der Waals surface area contributed by atoms with Gasteiger partial charge in [-0.15, -0.1) is 0 Å². The lowest BCUT2D eigenvalue weighted by Gasteiger charge is -2.16. The molecule has 0 aromatic heterocycles. The fourth-order valence-corrected chi connectivity index (χ4v) is 4.33. The van der Waals surface area contributed by atoms with Crippen molar-refractivity contribution in [1.82, 2.24) is 10.9 Å². The summed E-state index contributed by atoms with van der Waals surface area (Å²) >= 11 is 0. The third kappa shape index (κ3) is 5.31. The topological polar surface area (TPSA) is 114 Å². The van der Waals surface area contributed by atoms with E-state index in [2.05, 4.69) is 17.8 Å². The number of carbonyl (C=O) groups excluding carboxylic acids is 2. The smallest absolute Gasteiger partial charge is 0.269 e. The molecule has 2 N–H and O–H groups in total. The first-order valence-electron chi connectivity index (χ1n) is 10.3. The SMILES string of the molecule is CCCCOc1ccc(C(=O)NNC(=O)c2ccc3c(c2)CCN3S(C)(=O)=O)cc1OC. The number of ether oxygens (including phenoxy) is 2. The van der Waals surface area contributed by atoms with Gasteiger partial charge in [-0.05, 0) is 54.8 Å². The van der Waals surface area contributed by atoms with Gasteiger partial charge in [0.05, 0.1) is 25.7 Å². The van der Waals surface area contributed by atoms with Gasteiger partial charge < -0.3 is 9.47 Å². The Morgan fingerprint density at radius 3 is 2.31 bits per heavy atom. The van der Waals surface area contributed by atoms with E-state index in [9.17, 15) is 18.0 Å². The zero-order chi connectivity index (χ0) is 23.3. The monoisotopic (exact) mass is 461 g/mol. The fourth-order valence-electron chi connectivity index (χ4n) is 3.37. The standard InChI is InChI=1S/C22H27N3O6S/c1-4-5-12-31-19-9-7-17(14-20(19)30-2)22(27)24-23-21(26)16-6-8-18-15(13-16)10-11-25(18)32(3,28)29/h6-9,13-14H,4-5,10-12H2,1-3H3,(H,23,26)(H,24,27). The number of rotatable bonds is 8. The van der Waals surface area contributed by atoms with Crippen LogP contribution in [0.3, 0.4) is 0 Å². The Morgan fingerprint density at radius 2 is 1.69 bits per heavy atom. The summed E-state index contributed by atoms with van der Waals surface area (Å²) in [5, 5.41) is 0. The number of hydrogen-bond acceptors (Lipinski definition) is 6. The molecule has 0 unspecified atom stereocenters. The van der Waals surface area contributed by atoms with Crippen LogP contribution in [0, 0.1) is 0 Å². The molecule has 10 heteroatoms. The highest BCUT2D eigenvalue weighted by Crippen LogP contribution is 2.31. The zero-order valence-corrected chi connectivity index (χ0v) is 19.1. The van der Waals surface area contributed by atoms with Gasteiger partial charge in [-0.2, -0.15) is 0 Å². The summed E-state index contributed by atoms with van der Waals surface area (Å²) in [6.45, 7) is 2.96. The van der Waals surface area contributed by atoms with E-state index >= 15 is 0 Å². The second-order valence-corrected chi connectivity index (χ2v) is 9.31. The van der Waals surface area contributed by atoms with Gasteiger partial charge in [-0.1, -0.05) is 13.3 Å². The van der Waals surface area contributed by atoms with E-state index in [-0.39, 0.29) is 0 Å². The molecule has 1 aliphatic rings. The first kappa shape index (κ1) is 23.4. The second kappa shape index (κ2) is 9.90.